The van der Waals surface area contributed by atoms with Crippen LogP contribution >= 0.6 is 0 Å². The van der Waals surface area contributed by atoms with E-state index in [4.69, 9.17) is 5.11 Å². The maximum absolute atomic E-state index is 10.8. The number of carboxylic acid groups (broad SMARTS) is 1. The Kier molecular flexibility index (Phi) is 23.7. The van der Waals surface area contributed by atoms with Crippen LogP contribution in [0.2, 0.25) is 0 Å². The minimum absolute atomic E-state index is 0.185. The molecule has 0 spiro atoms. The molecule has 0 bridgehead atoms. The SMILES string of the molecule is CCCCCCC(CCCCCCCC/C=C\CCCCCCC(C)C(=O)O)CCN(C)C. The lowest BCUT2D eigenvalue weighted by molar-refractivity contribution is -0.141. The fraction of sp³-hybridized carbons (Fsp3) is 0.900. The van der Waals surface area contributed by atoms with Crippen molar-refractivity contribution in [2.45, 2.75) is 142 Å². The average Bonchev–Trinajstić information content (AvgIpc) is 2.78. The number of aliphatic carboxylic acids is 1. The summed E-state index contributed by atoms with van der Waals surface area (Å²) in [6.07, 6.45) is 30.9. The number of allylic oxidation sites excluding steroid dienone is 2. The summed E-state index contributed by atoms with van der Waals surface area (Å²) in [6, 6.07) is 0. The van der Waals surface area contributed by atoms with Crippen molar-refractivity contribution in [2.24, 2.45) is 11.8 Å². The summed E-state index contributed by atoms with van der Waals surface area (Å²) in [5, 5.41) is 8.88. The highest BCUT2D eigenvalue weighted by Crippen LogP contribution is 2.22. The third-order valence-electron chi connectivity index (χ3n) is 7.03. The molecule has 0 saturated carbocycles. The van der Waals surface area contributed by atoms with Gasteiger partial charge in [0.1, 0.15) is 0 Å². The van der Waals surface area contributed by atoms with E-state index in [0.717, 1.165) is 18.8 Å². The Morgan fingerprint density at radius 3 is 1.64 bits per heavy atom. The van der Waals surface area contributed by atoms with Crippen LogP contribution in [-0.2, 0) is 4.79 Å². The van der Waals surface area contributed by atoms with Crippen LogP contribution in [0.3, 0.4) is 0 Å². The predicted octanol–water partition coefficient (Wildman–Crippen LogP) is 9.26. The van der Waals surface area contributed by atoms with Gasteiger partial charge in [-0.05, 0) is 65.1 Å². The van der Waals surface area contributed by atoms with Crippen molar-refractivity contribution in [1.29, 1.82) is 0 Å². The number of hydrogen-bond donors (Lipinski definition) is 1. The summed E-state index contributed by atoms with van der Waals surface area (Å²) >= 11 is 0. The predicted molar refractivity (Wildman–Crippen MR) is 146 cm³/mol. The molecule has 3 heteroatoms. The van der Waals surface area contributed by atoms with Crippen molar-refractivity contribution >= 4 is 5.97 Å². The van der Waals surface area contributed by atoms with E-state index < -0.39 is 5.97 Å². The zero-order chi connectivity index (χ0) is 24.6. The van der Waals surface area contributed by atoms with Crippen molar-refractivity contribution in [3.63, 3.8) is 0 Å². The first kappa shape index (κ1) is 32.2. The molecule has 2 atom stereocenters. The van der Waals surface area contributed by atoms with Gasteiger partial charge < -0.3 is 10.0 Å². The van der Waals surface area contributed by atoms with Crippen LogP contribution < -0.4 is 0 Å². The van der Waals surface area contributed by atoms with Crippen LogP contribution in [0.15, 0.2) is 12.2 Å². The first-order valence-electron chi connectivity index (χ1n) is 14.5. The summed E-state index contributed by atoms with van der Waals surface area (Å²) in [4.78, 5) is 13.1. The molecule has 0 amide bonds. The number of carbonyl (C=O) groups is 1. The van der Waals surface area contributed by atoms with Gasteiger partial charge in [-0.1, -0.05) is 116 Å². The van der Waals surface area contributed by atoms with Crippen molar-refractivity contribution in [3.05, 3.63) is 12.2 Å². The molecule has 0 aliphatic rings. The number of hydrogen-bond acceptors (Lipinski definition) is 2. The van der Waals surface area contributed by atoms with Gasteiger partial charge in [-0.3, -0.25) is 4.79 Å². The molecule has 0 saturated heterocycles. The molecule has 0 aromatic heterocycles. The van der Waals surface area contributed by atoms with Gasteiger partial charge in [0.05, 0.1) is 5.92 Å². The maximum atomic E-state index is 10.8. The molecule has 1 N–H and O–H groups in total. The lowest BCUT2D eigenvalue weighted by Gasteiger charge is -2.19. The van der Waals surface area contributed by atoms with Crippen molar-refractivity contribution in [1.82, 2.24) is 4.90 Å². The summed E-state index contributed by atoms with van der Waals surface area (Å²) in [5.74, 6) is 0.105. The molecule has 2 unspecified atom stereocenters. The maximum Gasteiger partial charge on any atom is 0.306 e. The van der Waals surface area contributed by atoms with Crippen LogP contribution in [0, 0.1) is 11.8 Å². The van der Waals surface area contributed by atoms with Crippen LogP contribution in [0.1, 0.15) is 142 Å². The Balaban J connectivity index is 3.53. The fourth-order valence-corrected chi connectivity index (χ4v) is 4.56. The standard InChI is InChI=1S/C30H59NO2/c1-5-6-7-21-24-29(26-27-31(3)4)25-22-19-17-15-13-11-9-8-10-12-14-16-18-20-23-28(2)30(32)33/h8,10,28-29H,5-7,9,11-27H2,1-4H3,(H,32,33)/b10-8-. The van der Waals surface area contributed by atoms with Gasteiger partial charge in [0.2, 0.25) is 0 Å². The fourth-order valence-electron chi connectivity index (χ4n) is 4.56. The Morgan fingerprint density at radius 2 is 1.15 bits per heavy atom. The topological polar surface area (TPSA) is 40.5 Å². The minimum atomic E-state index is -0.657. The lowest BCUT2D eigenvalue weighted by Crippen LogP contribution is -2.17. The van der Waals surface area contributed by atoms with E-state index in [0.29, 0.717) is 0 Å². The summed E-state index contributed by atoms with van der Waals surface area (Å²) in [5.41, 5.74) is 0. The Bertz CT molecular complexity index is 447. The minimum Gasteiger partial charge on any atom is -0.481 e. The molecule has 196 valence electrons. The highest BCUT2D eigenvalue weighted by Gasteiger charge is 2.10. The monoisotopic (exact) mass is 465 g/mol. The first-order valence-corrected chi connectivity index (χ1v) is 14.5. The molecular formula is C30H59NO2. The van der Waals surface area contributed by atoms with E-state index in [-0.39, 0.29) is 5.92 Å². The Hall–Kier alpha value is -0.830. The second kappa shape index (κ2) is 24.3. The zero-order valence-corrected chi connectivity index (χ0v) is 23.0. The second-order valence-corrected chi connectivity index (χ2v) is 10.7. The van der Waals surface area contributed by atoms with Crippen molar-refractivity contribution in [3.8, 4) is 0 Å². The summed E-state index contributed by atoms with van der Waals surface area (Å²) in [6.45, 7) is 5.36. The van der Waals surface area contributed by atoms with Crippen LogP contribution in [0.4, 0.5) is 0 Å². The smallest absolute Gasteiger partial charge is 0.306 e. The highest BCUT2D eigenvalue weighted by molar-refractivity contribution is 5.69. The molecule has 0 heterocycles. The molecule has 0 fully saturated rings. The lowest BCUT2D eigenvalue weighted by atomic mass is 9.91. The van der Waals surface area contributed by atoms with Crippen LogP contribution in [-0.4, -0.2) is 36.6 Å². The Morgan fingerprint density at radius 1 is 0.697 bits per heavy atom. The molecule has 0 radical (unpaired) electrons. The van der Waals surface area contributed by atoms with Crippen LogP contribution in [0.5, 0.6) is 0 Å². The van der Waals surface area contributed by atoms with Gasteiger partial charge in [0.15, 0.2) is 0 Å². The van der Waals surface area contributed by atoms with Gasteiger partial charge in [-0.15, -0.1) is 0 Å². The van der Waals surface area contributed by atoms with E-state index >= 15 is 0 Å². The first-order chi connectivity index (χ1) is 16.0. The molecule has 3 nitrogen and oxygen atoms in total. The molecule has 0 aliphatic heterocycles. The number of carboxylic acids is 1. The van der Waals surface area contributed by atoms with E-state index in [1.807, 2.05) is 6.92 Å². The van der Waals surface area contributed by atoms with E-state index in [9.17, 15) is 4.79 Å². The molecule has 0 aromatic carbocycles. The zero-order valence-electron chi connectivity index (χ0n) is 23.0. The molecule has 0 aromatic rings. The van der Waals surface area contributed by atoms with Crippen LogP contribution in [0.25, 0.3) is 0 Å². The van der Waals surface area contributed by atoms with Gasteiger partial charge in [0.25, 0.3) is 0 Å². The van der Waals surface area contributed by atoms with E-state index in [2.05, 4.69) is 38.1 Å². The van der Waals surface area contributed by atoms with Crippen molar-refractivity contribution < 1.29 is 9.90 Å². The normalized spacial score (nSPS) is 13.7. The average molecular weight is 466 g/mol. The Labute approximate surface area is 207 Å². The van der Waals surface area contributed by atoms with Gasteiger partial charge >= 0.3 is 5.97 Å². The largest absolute Gasteiger partial charge is 0.481 e. The molecule has 0 rings (SSSR count). The summed E-state index contributed by atoms with van der Waals surface area (Å²) < 4.78 is 0. The van der Waals surface area contributed by atoms with Gasteiger partial charge in [-0.2, -0.15) is 0 Å². The van der Waals surface area contributed by atoms with E-state index in [1.165, 1.54) is 122 Å². The molecule has 0 aliphatic carbocycles. The van der Waals surface area contributed by atoms with Gasteiger partial charge in [-0.25, -0.2) is 0 Å². The third-order valence-corrected chi connectivity index (χ3v) is 7.03. The number of nitrogens with zero attached hydrogens (tertiary/aromatic N) is 1. The van der Waals surface area contributed by atoms with E-state index in [1.54, 1.807) is 0 Å². The highest BCUT2D eigenvalue weighted by atomic mass is 16.4. The van der Waals surface area contributed by atoms with Crippen molar-refractivity contribution in [2.75, 3.05) is 20.6 Å². The van der Waals surface area contributed by atoms with Gasteiger partial charge in [0, 0.05) is 0 Å². The molecule has 33 heavy (non-hydrogen) atoms. The number of rotatable bonds is 25. The number of unbranched alkanes of at least 4 members (excludes halogenated alkanes) is 13. The second-order valence-electron chi connectivity index (χ2n) is 10.7. The molecular weight excluding hydrogens is 406 g/mol. The quantitative estimate of drug-likeness (QED) is 0.108. The summed E-state index contributed by atoms with van der Waals surface area (Å²) in [7, 11) is 4.41. The third kappa shape index (κ3) is 24.1.